The van der Waals surface area contributed by atoms with Crippen molar-refractivity contribution in [3.8, 4) is 5.75 Å². The van der Waals surface area contributed by atoms with Crippen LogP contribution >= 0.6 is 0 Å². The van der Waals surface area contributed by atoms with Gasteiger partial charge < -0.3 is 16.2 Å². The highest BCUT2D eigenvalue weighted by Crippen LogP contribution is 2.15. The van der Waals surface area contributed by atoms with Crippen LogP contribution in [0, 0.1) is 0 Å². The van der Waals surface area contributed by atoms with Gasteiger partial charge in [-0.15, -0.1) is 0 Å². The normalized spacial score (nSPS) is 10.1. The minimum absolute atomic E-state index is 0.165. The van der Waals surface area contributed by atoms with Crippen molar-refractivity contribution in [1.82, 2.24) is 0 Å². The van der Waals surface area contributed by atoms with Gasteiger partial charge in [0.2, 0.25) is 0 Å². The first kappa shape index (κ1) is 12.1. The largest absolute Gasteiger partial charge is 0.508 e. The molecule has 1 amide bonds. The SMILES string of the molecule is NCc1cccc(C(=O)Nc2ccc(O)cc2)c1. The summed E-state index contributed by atoms with van der Waals surface area (Å²) in [6, 6.07) is 13.5. The number of hydrogen-bond acceptors (Lipinski definition) is 3. The Morgan fingerprint density at radius 3 is 2.56 bits per heavy atom. The van der Waals surface area contributed by atoms with Crippen LogP contribution in [0.2, 0.25) is 0 Å². The Labute approximate surface area is 105 Å². The zero-order chi connectivity index (χ0) is 13.0. The summed E-state index contributed by atoms with van der Waals surface area (Å²) in [5.74, 6) is -0.0332. The van der Waals surface area contributed by atoms with Gasteiger partial charge in [0.1, 0.15) is 5.75 Å². The van der Waals surface area contributed by atoms with E-state index in [0.717, 1.165) is 5.56 Å². The summed E-state index contributed by atoms with van der Waals surface area (Å²) in [5, 5.41) is 11.9. The Morgan fingerprint density at radius 1 is 1.17 bits per heavy atom. The lowest BCUT2D eigenvalue weighted by atomic mass is 10.1. The summed E-state index contributed by atoms with van der Waals surface area (Å²) >= 11 is 0. The van der Waals surface area contributed by atoms with Crippen LogP contribution in [0.1, 0.15) is 15.9 Å². The van der Waals surface area contributed by atoms with E-state index in [9.17, 15) is 4.79 Å². The third-order valence-corrected chi connectivity index (χ3v) is 2.55. The molecular formula is C14H14N2O2. The summed E-state index contributed by atoms with van der Waals surface area (Å²) in [5.41, 5.74) is 7.64. The zero-order valence-electron chi connectivity index (χ0n) is 9.76. The number of nitrogens with two attached hydrogens (primary N) is 1. The minimum atomic E-state index is -0.198. The quantitative estimate of drug-likeness (QED) is 0.721. The first-order valence-corrected chi connectivity index (χ1v) is 5.58. The fourth-order valence-corrected chi connectivity index (χ4v) is 1.59. The van der Waals surface area contributed by atoms with Gasteiger partial charge in [0.05, 0.1) is 0 Å². The number of phenolic OH excluding ortho intramolecular Hbond substituents is 1. The molecule has 0 aliphatic rings. The number of aromatic hydroxyl groups is 1. The van der Waals surface area contributed by atoms with Gasteiger partial charge in [-0.05, 0) is 42.0 Å². The van der Waals surface area contributed by atoms with Gasteiger partial charge in [-0.3, -0.25) is 4.79 Å². The van der Waals surface area contributed by atoms with Crippen LogP contribution in [0.25, 0.3) is 0 Å². The summed E-state index contributed by atoms with van der Waals surface area (Å²) in [4.78, 5) is 12.0. The van der Waals surface area contributed by atoms with E-state index in [2.05, 4.69) is 5.32 Å². The van der Waals surface area contributed by atoms with Crippen molar-refractivity contribution in [2.24, 2.45) is 5.73 Å². The van der Waals surface area contributed by atoms with E-state index in [1.807, 2.05) is 6.07 Å². The van der Waals surface area contributed by atoms with Gasteiger partial charge >= 0.3 is 0 Å². The number of nitrogens with one attached hydrogen (secondary N) is 1. The molecule has 18 heavy (non-hydrogen) atoms. The van der Waals surface area contributed by atoms with E-state index in [-0.39, 0.29) is 11.7 Å². The molecule has 2 aromatic carbocycles. The molecule has 0 unspecified atom stereocenters. The van der Waals surface area contributed by atoms with Crippen molar-refractivity contribution in [2.45, 2.75) is 6.54 Å². The van der Waals surface area contributed by atoms with E-state index in [1.165, 1.54) is 12.1 Å². The second-order valence-corrected chi connectivity index (χ2v) is 3.91. The standard InChI is InChI=1S/C14H14N2O2/c15-9-10-2-1-3-11(8-10)14(18)16-12-4-6-13(17)7-5-12/h1-8,17H,9,15H2,(H,16,18). The molecule has 4 N–H and O–H groups in total. The molecule has 4 nitrogen and oxygen atoms in total. The first-order chi connectivity index (χ1) is 8.69. The molecule has 0 spiro atoms. The van der Waals surface area contributed by atoms with Crippen molar-refractivity contribution in [3.63, 3.8) is 0 Å². The van der Waals surface area contributed by atoms with Crippen LogP contribution < -0.4 is 11.1 Å². The number of carbonyl (C=O) groups excluding carboxylic acids is 1. The van der Waals surface area contributed by atoms with E-state index < -0.39 is 0 Å². The molecule has 0 bridgehead atoms. The highest BCUT2D eigenvalue weighted by Gasteiger charge is 2.06. The summed E-state index contributed by atoms with van der Waals surface area (Å²) < 4.78 is 0. The zero-order valence-corrected chi connectivity index (χ0v) is 9.76. The number of phenols is 1. The Morgan fingerprint density at radius 2 is 1.89 bits per heavy atom. The predicted octanol–water partition coefficient (Wildman–Crippen LogP) is 2.10. The fourth-order valence-electron chi connectivity index (χ4n) is 1.59. The lowest BCUT2D eigenvalue weighted by molar-refractivity contribution is 0.102. The summed E-state index contributed by atoms with van der Waals surface area (Å²) in [7, 11) is 0. The van der Waals surface area contributed by atoms with Crippen molar-refractivity contribution in [1.29, 1.82) is 0 Å². The van der Waals surface area contributed by atoms with E-state index in [1.54, 1.807) is 30.3 Å². The Balaban J connectivity index is 2.14. The van der Waals surface area contributed by atoms with Crippen LogP contribution in [-0.4, -0.2) is 11.0 Å². The topological polar surface area (TPSA) is 75.4 Å². The molecule has 0 aromatic heterocycles. The van der Waals surface area contributed by atoms with Gasteiger partial charge in [0.25, 0.3) is 5.91 Å². The first-order valence-electron chi connectivity index (χ1n) is 5.58. The average molecular weight is 242 g/mol. The van der Waals surface area contributed by atoms with Crippen LogP contribution in [0.4, 0.5) is 5.69 Å². The number of benzene rings is 2. The van der Waals surface area contributed by atoms with Gasteiger partial charge in [-0.1, -0.05) is 12.1 Å². The maximum Gasteiger partial charge on any atom is 0.255 e. The number of carbonyl (C=O) groups is 1. The minimum Gasteiger partial charge on any atom is -0.508 e. The molecule has 0 saturated heterocycles. The molecule has 2 rings (SSSR count). The van der Waals surface area contributed by atoms with Crippen LogP contribution in [0.15, 0.2) is 48.5 Å². The molecule has 0 saturated carbocycles. The van der Waals surface area contributed by atoms with Crippen molar-refractivity contribution >= 4 is 11.6 Å². The highest BCUT2D eigenvalue weighted by molar-refractivity contribution is 6.04. The summed E-state index contributed by atoms with van der Waals surface area (Å²) in [6.45, 7) is 0.403. The van der Waals surface area contributed by atoms with Crippen molar-refractivity contribution in [3.05, 3.63) is 59.7 Å². The van der Waals surface area contributed by atoms with Crippen molar-refractivity contribution < 1.29 is 9.90 Å². The van der Waals surface area contributed by atoms with E-state index in [0.29, 0.717) is 17.8 Å². The van der Waals surface area contributed by atoms with Gasteiger partial charge in [-0.2, -0.15) is 0 Å². The molecule has 0 aliphatic carbocycles. The van der Waals surface area contributed by atoms with Crippen LogP contribution in [0.3, 0.4) is 0 Å². The molecule has 92 valence electrons. The van der Waals surface area contributed by atoms with Crippen molar-refractivity contribution in [2.75, 3.05) is 5.32 Å². The summed E-state index contributed by atoms with van der Waals surface area (Å²) in [6.07, 6.45) is 0. The predicted molar refractivity (Wildman–Crippen MR) is 70.4 cm³/mol. The maximum absolute atomic E-state index is 12.0. The number of hydrogen-bond donors (Lipinski definition) is 3. The number of amides is 1. The molecule has 2 aromatic rings. The molecule has 4 heteroatoms. The maximum atomic E-state index is 12.0. The lowest BCUT2D eigenvalue weighted by Gasteiger charge is -2.06. The molecule has 0 fully saturated rings. The lowest BCUT2D eigenvalue weighted by Crippen LogP contribution is -2.12. The van der Waals surface area contributed by atoms with Gasteiger partial charge in [-0.25, -0.2) is 0 Å². The second-order valence-electron chi connectivity index (χ2n) is 3.91. The van der Waals surface area contributed by atoms with Gasteiger partial charge in [0, 0.05) is 17.8 Å². The Bertz CT molecular complexity index is 550. The molecular weight excluding hydrogens is 228 g/mol. The fraction of sp³-hybridized carbons (Fsp3) is 0.0714. The molecule has 0 radical (unpaired) electrons. The van der Waals surface area contributed by atoms with E-state index in [4.69, 9.17) is 10.8 Å². The Kier molecular flexibility index (Phi) is 3.60. The monoisotopic (exact) mass is 242 g/mol. The van der Waals surface area contributed by atoms with Gasteiger partial charge in [0.15, 0.2) is 0 Å². The molecule has 0 aliphatic heterocycles. The molecule has 0 atom stereocenters. The second kappa shape index (κ2) is 5.33. The molecule has 0 heterocycles. The van der Waals surface area contributed by atoms with Crippen LogP contribution in [0.5, 0.6) is 5.75 Å². The third kappa shape index (κ3) is 2.87. The smallest absolute Gasteiger partial charge is 0.255 e. The van der Waals surface area contributed by atoms with E-state index >= 15 is 0 Å². The third-order valence-electron chi connectivity index (χ3n) is 2.55. The number of anilines is 1. The highest BCUT2D eigenvalue weighted by atomic mass is 16.3. The average Bonchev–Trinajstić information content (AvgIpc) is 2.41. The Hall–Kier alpha value is -2.33. The van der Waals surface area contributed by atoms with Crippen LogP contribution in [-0.2, 0) is 6.54 Å². The number of rotatable bonds is 3.